The van der Waals surface area contributed by atoms with Gasteiger partial charge >= 0.3 is 6.18 Å². The van der Waals surface area contributed by atoms with Gasteiger partial charge in [0, 0.05) is 5.39 Å². The maximum Gasteiger partial charge on any atom is 0.418 e. The van der Waals surface area contributed by atoms with Gasteiger partial charge < -0.3 is 10.1 Å². The van der Waals surface area contributed by atoms with Crippen molar-refractivity contribution >= 4 is 26.7 Å². The van der Waals surface area contributed by atoms with Gasteiger partial charge in [0.1, 0.15) is 0 Å². The molecule has 2 aromatic carbocycles. The van der Waals surface area contributed by atoms with Gasteiger partial charge in [0.05, 0.1) is 16.0 Å². The molecule has 0 aliphatic carbocycles. The lowest BCUT2D eigenvalue weighted by Gasteiger charge is -2.06. The first-order valence-corrected chi connectivity index (χ1v) is 8.69. The minimum atomic E-state index is -4.65. The van der Waals surface area contributed by atoms with E-state index in [-0.39, 0.29) is 10.3 Å². The summed E-state index contributed by atoms with van der Waals surface area (Å²) in [6.45, 7) is 1.78. The largest absolute Gasteiger partial charge is 0.504 e. The number of aromatic hydroxyl groups is 1. The van der Waals surface area contributed by atoms with E-state index >= 15 is 0 Å². The van der Waals surface area contributed by atoms with E-state index < -0.39 is 38.8 Å². The minimum absolute atomic E-state index is 0.126. The number of halogens is 3. The van der Waals surface area contributed by atoms with E-state index in [9.17, 15) is 26.7 Å². The highest BCUT2D eigenvalue weighted by Gasteiger charge is 2.34. The highest BCUT2D eigenvalue weighted by atomic mass is 32.2. The van der Waals surface area contributed by atoms with Gasteiger partial charge in [-0.15, -0.1) is 5.11 Å². The number of aromatic amines is 1. The number of rotatable bonds is 3. The fourth-order valence-corrected chi connectivity index (χ4v) is 3.11. The molecule has 0 spiro atoms. The van der Waals surface area contributed by atoms with E-state index in [0.717, 1.165) is 17.7 Å². The molecule has 0 atom stereocenters. The molecule has 10 heteroatoms. The third-order valence-electron chi connectivity index (χ3n) is 3.66. The van der Waals surface area contributed by atoms with Crippen molar-refractivity contribution in [2.45, 2.75) is 18.0 Å². The fraction of sp³-hybridized carbons (Fsp3) is 0.125. The first kappa shape index (κ1) is 17.9. The van der Waals surface area contributed by atoms with Crippen molar-refractivity contribution in [2.24, 2.45) is 9.63 Å². The lowest BCUT2D eigenvalue weighted by Crippen LogP contribution is -2.05. The van der Waals surface area contributed by atoms with E-state index in [1.807, 2.05) is 0 Å². The molecule has 3 rings (SSSR count). The standard InChI is InChI=1S/C16H12F3N3O3S/c1-9-5-7-10(8-6-9)26(24,25)22-21-15-14(23)11-3-2-4-12(13(11)20-15)16(17,18)19/h2-8,20,23H,1H3/b22-21+. The van der Waals surface area contributed by atoms with Crippen molar-refractivity contribution in [3.05, 3.63) is 53.6 Å². The Hall–Kier alpha value is -2.88. The maximum absolute atomic E-state index is 13.0. The number of hydrogen-bond acceptors (Lipinski definition) is 4. The summed E-state index contributed by atoms with van der Waals surface area (Å²) in [6, 6.07) is 9.01. The molecule has 0 fully saturated rings. The van der Waals surface area contributed by atoms with Crippen molar-refractivity contribution in [1.82, 2.24) is 4.98 Å². The van der Waals surface area contributed by atoms with Gasteiger partial charge in [0.15, 0.2) is 11.6 Å². The molecule has 0 saturated carbocycles. The quantitative estimate of drug-likeness (QED) is 0.643. The smallest absolute Gasteiger partial charge is 0.418 e. The normalized spacial score (nSPS) is 12.9. The molecule has 3 aromatic rings. The van der Waals surface area contributed by atoms with Crippen LogP contribution in [0.1, 0.15) is 11.1 Å². The number of nitrogens with zero attached hydrogens (tertiary/aromatic N) is 2. The zero-order valence-electron chi connectivity index (χ0n) is 13.2. The first-order chi connectivity index (χ1) is 12.1. The van der Waals surface area contributed by atoms with Crippen LogP contribution >= 0.6 is 0 Å². The van der Waals surface area contributed by atoms with Crippen LogP contribution in [-0.4, -0.2) is 18.5 Å². The summed E-state index contributed by atoms with van der Waals surface area (Å²) in [5.41, 5.74) is -0.568. The number of aryl methyl sites for hydroxylation is 1. The topological polar surface area (TPSA) is 94.9 Å². The number of para-hydroxylation sites is 1. The van der Waals surface area contributed by atoms with Crippen LogP contribution in [0.3, 0.4) is 0 Å². The molecular weight excluding hydrogens is 371 g/mol. The van der Waals surface area contributed by atoms with Crippen molar-refractivity contribution in [1.29, 1.82) is 0 Å². The zero-order chi connectivity index (χ0) is 19.1. The number of fused-ring (bicyclic) bond motifs is 1. The zero-order valence-corrected chi connectivity index (χ0v) is 14.1. The van der Waals surface area contributed by atoms with Gasteiger partial charge in [-0.05, 0) is 31.2 Å². The highest BCUT2D eigenvalue weighted by Crippen LogP contribution is 2.41. The molecule has 26 heavy (non-hydrogen) atoms. The third-order valence-corrected chi connectivity index (χ3v) is 4.82. The molecular formula is C16H12F3N3O3S. The van der Waals surface area contributed by atoms with Gasteiger partial charge in [-0.1, -0.05) is 28.3 Å². The third kappa shape index (κ3) is 3.27. The summed E-state index contributed by atoms with van der Waals surface area (Å²) in [5.74, 6) is -1.10. The number of alkyl halides is 3. The maximum atomic E-state index is 13.0. The number of nitrogens with one attached hydrogen (secondary N) is 1. The predicted molar refractivity (Wildman–Crippen MR) is 87.8 cm³/mol. The molecule has 0 radical (unpaired) electrons. The first-order valence-electron chi connectivity index (χ1n) is 7.25. The second kappa shape index (κ2) is 6.13. The molecule has 0 aliphatic heterocycles. The van der Waals surface area contributed by atoms with Crippen LogP contribution in [0.4, 0.5) is 19.0 Å². The Morgan fingerprint density at radius 1 is 1.08 bits per heavy atom. The number of sulfonamides is 1. The van der Waals surface area contributed by atoms with Crippen LogP contribution < -0.4 is 0 Å². The van der Waals surface area contributed by atoms with Crippen molar-refractivity contribution < 1.29 is 26.7 Å². The number of benzene rings is 2. The Kier molecular flexibility index (Phi) is 4.23. The van der Waals surface area contributed by atoms with Crippen LogP contribution in [0.15, 0.2) is 57.0 Å². The number of hydrogen-bond donors (Lipinski definition) is 2. The van der Waals surface area contributed by atoms with E-state index in [2.05, 4.69) is 14.6 Å². The Bertz CT molecular complexity index is 1100. The van der Waals surface area contributed by atoms with E-state index in [1.165, 1.54) is 18.2 Å². The molecule has 1 aromatic heterocycles. The van der Waals surface area contributed by atoms with Crippen LogP contribution in [0, 0.1) is 6.92 Å². The summed E-state index contributed by atoms with van der Waals surface area (Å²) in [7, 11) is -4.16. The minimum Gasteiger partial charge on any atom is -0.504 e. The molecule has 0 saturated heterocycles. The Labute approximate surface area is 146 Å². The van der Waals surface area contributed by atoms with Gasteiger partial charge in [-0.2, -0.15) is 21.6 Å². The number of H-pyrrole nitrogens is 1. The lowest BCUT2D eigenvalue weighted by molar-refractivity contribution is -0.136. The Balaban J connectivity index is 2.05. The molecule has 0 amide bonds. The van der Waals surface area contributed by atoms with Crippen LogP contribution in [0.25, 0.3) is 10.9 Å². The summed E-state index contributed by atoms with van der Waals surface area (Å²) in [6.07, 6.45) is -4.65. The second-order valence-electron chi connectivity index (χ2n) is 5.52. The van der Waals surface area contributed by atoms with E-state index in [0.29, 0.717) is 0 Å². The monoisotopic (exact) mass is 383 g/mol. The van der Waals surface area contributed by atoms with Crippen LogP contribution in [0.2, 0.25) is 0 Å². The van der Waals surface area contributed by atoms with Crippen LogP contribution in [-0.2, 0) is 16.2 Å². The summed E-state index contributed by atoms with van der Waals surface area (Å²) in [4.78, 5) is 2.15. The fourth-order valence-electron chi connectivity index (χ4n) is 2.35. The molecule has 6 nitrogen and oxygen atoms in total. The summed E-state index contributed by atoms with van der Waals surface area (Å²) >= 11 is 0. The summed E-state index contributed by atoms with van der Waals surface area (Å²) in [5, 5.41) is 13.3. The van der Waals surface area contributed by atoms with Crippen LogP contribution in [0.5, 0.6) is 5.75 Å². The van der Waals surface area contributed by atoms with Crippen molar-refractivity contribution in [3.63, 3.8) is 0 Å². The Morgan fingerprint density at radius 3 is 2.35 bits per heavy atom. The average Bonchev–Trinajstić information content (AvgIpc) is 2.89. The molecule has 0 unspecified atom stereocenters. The van der Waals surface area contributed by atoms with Gasteiger partial charge in [-0.3, -0.25) is 0 Å². The van der Waals surface area contributed by atoms with Gasteiger partial charge in [0.25, 0.3) is 10.0 Å². The van der Waals surface area contributed by atoms with Crippen molar-refractivity contribution in [3.8, 4) is 5.75 Å². The molecule has 1 heterocycles. The van der Waals surface area contributed by atoms with Gasteiger partial charge in [-0.25, -0.2) is 0 Å². The van der Waals surface area contributed by atoms with E-state index in [4.69, 9.17) is 0 Å². The Morgan fingerprint density at radius 2 is 1.73 bits per heavy atom. The molecule has 0 aliphatic rings. The highest BCUT2D eigenvalue weighted by molar-refractivity contribution is 7.90. The average molecular weight is 383 g/mol. The lowest BCUT2D eigenvalue weighted by atomic mass is 10.1. The summed E-state index contributed by atoms with van der Waals surface area (Å²) < 4.78 is 66.6. The SMILES string of the molecule is Cc1ccc(S(=O)(=O)/N=N/c2[nH]c3c(C(F)(F)F)cccc3c2O)cc1. The second-order valence-corrected chi connectivity index (χ2v) is 7.10. The molecule has 2 N–H and O–H groups in total. The van der Waals surface area contributed by atoms with Crippen molar-refractivity contribution in [2.75, 3.05) is 0 Å². The van der Waals surface area contributed by atoms with Gasteiger partial charge in [0.2, 0.25) is 0 Å². The predicted octanol–water partition coefficient (Wildman–Crippen LogP) is 4.67. The molecule has 0 bridgehead atoms. The number of aromatic nitrogens is 1. The van der Waals surface area contributed by atoms with E-state index in [1.54, 1.807) is 19.1 Å². The molecule has 136 valence electrons.